The molecule has 62 valence electrons. The maximum absolute atomic E-state index is 13.0. The lowest BCUT2D eigenvalue weighted by Gasteiger charge is -1.93. The van der Waals surface area contributed by atoms with Gasteiger partial charge in [0.05, 0.1) is 0 Å². The molecule has 2 aromatic heterocycles. The number of rotatable bonds is 0. The highest BCUT2D eigenvalue weighted by Crippen LogP contribution is 2.14. The Morgan fingerprint density at radius 2 is 2.25 bits per heavy atom. The molecular formula is C6H4BrFN4. The van der Waals surface area contributed by atoms with Crippen molar-refractivity contribution in [1.82, 2.24) is 14.6 Å². The van der Waals surface area contributed by atoms with Crippen LogP contribution in [0.2, 0.25) is 0 Å². The Balaban J connectivity index is 2.88. The van der Waals surface area contributed by atoms with Crippen molar-refractivity contribution in [3.8, 4) is 0 Å². The first-order chi connectivity index (χ1) is 5.66. The Labute approximate surface area is 75.3 Å². The monoisotopic (exact) mass is 230 g/mol. The van der Waals surface area contributed by atoms with Gasteiger partial charge in [0.1, 0.15) is 0 Å². The van der Waals surface area contributed by atoms with Crippen molar-refractivity contribution in [2.45, 2.75) is 0 Å². The SMILES string of the molecule is Nc1nc2cc(Br)cc(F)n2n1. The van der Waals surface area contributed by atoms with E-state index in [9.17, 15) is 4.39 Å². The third kappa shape index (κ3) is 1.04. The Kier molecular flexibility index (Phi) is 1.50. The first kappa shape index (κ1) is 7.48. The minimum Gasteiger partial charge on any atom is -0.366 e. The Morgan fingerprint density at radius 3 is 3.00 bits per heavy atom. The van der Waals surface area contributed by atoms with Crippen molar-refractivity contribution in [2.75, 3.05) is 5.73 Å². The van der Waals surface area contributed by atoms with Gasteiger partial charge in [-0.05, 0) is 6.07 Å². The van der Waals surface area contributed by atoms with E-state index in [2.05, 4.69) is 26.0 Å². The summed E-state index contributed by atoms with van der Waals surface area (Å²) in [5, 5.41) is 3.64. The third-order valence-corrected chi connectivity index (χ3v) is 1.83. The van der Waals surface area contributed by atoms with E-state index in [-0.39, 0.29) is 5.95 Å². The van der Waals surface area contributed by atoms with E-state index < -0.39 is 5.95 Å². The normalized spacial score (nSPS) is 10.8. The van der Waals surface area contributed by atoms with Crippen LogP contribution < -0.4 is 5.73 Å². The van der Waals surface area contributed by atoms with Gasteiger partial charge in [-0.25, -0.2) is 0 Å². The van der Waals surface area contributed by atoms with Crippen LogP contribution in [0.4, 0.5) is 10.3 Å². The predicted octanol–water partition coefficient (Wildman–Crippen LogP) is 1.21. The summed E-state index contributed by atoms with van der Waals surface area (Å²) in [6.07, 6.45) is 0. The highest BCUT2D eigenvalue weighted by Gasteiger charge is 2.05. The summed E-state index contributed by atoms with van der Waals surface area (Å²) in [5.41, 5.74) is 5.67. The molecule has 0 unspecified atom stereocenters. The van der Waals surface area contributed by atoms with Crippen LogP contribution in [0.5, 0.6) is 0 Å². The van der Waals surface area contributed by atoms with Crippen LogP contribution in [0.15, 0.2) is 16.6 Å². The van der Waals surface area contributed by atoms with Crippen LogP contribution in [-0.2, 0) is 0 Å². The van der Waals surface area contributed by atoms with Crippen molar-refractivity contribution in [3.05, 3.63) is 22.6 Å². The largest absolute Gasteiger partial charge is 0.366 e. The van der Waals surface area contributed by atoms with Gasteiger partial charge < -0.3 is 5.73 Å². The topological polar surface area (TPSA) is 56.2 Å². The Bertz CT molecular complexity index is 438. The number of aromatic nitrogens is 3. The molecule has 0 aliphatic rings. The van der Waals surface area contributed by atoms with Crippen LogP contribution in [0.25, 0.3) is 5.65 Å². The van der Waals surface area contributed by atoms with Crippen LogP contribution in [0.1, 0.15) is 0 Å². The molecule has 0 bridgehead atoms. The summed E-state index contributed by atoms with van der Waals surface area (Å²) >= 11 is 3.13. The molecule has 12 heavy (non-hydrogen) atoms. The second-order valence-electron chi connectivity index (χ2n) is 2.24. The quantitative estimate of drug-likeness (QED) is 0.693. The van der Waals surface area contributed by atoms with Crippen LogP contribution in [-0.4, -0.2) is 14.6 Å². The lowest BCUT2D eigenvalue weighted by Crippen LogP contribution is -1.94. The van der Waals surface area contributed by atoms with E-state index in [1.54, 1.807) is 6.07 Å². The average Bonchev–Trinajstić information content (AvgIpc) is 2.29. The molecule has 0 radical (unpaired) electrons. The highest BCUT2D eigenvalue weighted by molar-refractivity contribution is 9.10. The number of halogens is 2. The van der Waals surface area contributed by atoms with Crippen molar-refractivity contribution in [1.29, 1.82) is 0 Å². The molecule has 0 spiro atoms. The predicted molar refractivity (Wildman–Crippen MR) is 45.1 cm³/mol. The molecule has 0 aliphatic carbocycles. The molecule has 0 aliphatic heterocycles. The number of hydrogen-bond donors (Lipinski definition) is 1. The van der Waals surface area contributed by atoms with E-state index in [1.807, 2.05) is 0 Å². The number of anilines is 1. The molecule has 0 saturated carbocycles. The summed E-state index contributed by atoms with van der Waals surface area (Å²) in [6.45, 7) is 0. The smallest absolute Gasteiger partial charge is 0.240 e. The summed E-state index contributed by atoms with van der Waals surface area (Å²) < 4.78 is 14.7. The molecule has 2 N–H and O–H groups in total. The fourth-order valence-corrected chi connectivity index (χ4v) is 1.32. The molecule has 2 aromatic rings. The number of nitrogen functional groups attached to an aromatic ring is 1. The summed E-state index contributed by atoms with van der Waals surface area (Å²) in [6, 6.07) is 2.92. The maximum atomic E-state index is 13.0. The number of pyridine rings is 1. The molecule has 2 rings (SSSR count). The van der Waals surface area contributed by atoms with Gasteiger partial charge in [0, 0.05) is 10.5 Å². The minimum absolute atomic E-state index is 0.0620. The molecule has 0 aromatic carbocycles. The second-order valence-corrected chi connectivity index (χ2v) is 3.15. The molecule has 4 nitrogen and oxygen atoms in total. The van der Waals surface area contributed by atoms with E-state index in [4.69, 9.17) is 5.73 Å². The lowest BCUT2D eigenvalue weighted by atomic mass is 10.5. The Hall–Kier alpha value is -1.17. The molecular weight excluding hydrogens is 227 g/mol. The van der Waals surface area contributed by atoms with Gasteiger partial charge in [0.15, 0.2) is 5.65 Å². The van der Waals surface area contributed by atoms with Gasteiger partial charge in [-0.2, -0.15) is 13.9 Å². The standard InChI is InChI=1S/C6H4BrFN4/c7-3-1-4(8)12-5(2-3)10-6(9)11-12/h1-2H,(H2,9,11). The zero-order valence-electron chi connectivity index (χ0n) is 5.83. The fraction of sp³-hybridized carbons (Fsp3) is 0. The first-order valence-corrected chi connectivity index (χ1v) is 3.93. The highest BCUT2D eigenvalue weighted by atomic mass is 79.9. The zero-order valence-corrected chi connectivity index (χ0v) is 7.42. The molecule has 2 heterocycles. The summed E-state index contributed by atoms with van der Waals surface area (Å²) in [7, 11) is 0. The second kappa shape index (κ2) is 2.41. The zero-order chi connectivity index (χ0) is 8.72. The average molecular weight is 231 g/mol. The number of hydrogen-bond acceptors (Lipinski definition) is 3. The maximum Gasteiger partial charge on any atom is 0.240 e. The summed E-state index contributed by atoms with van der Waals surface area (Å²) in [4.78, 5) is 3.79. The van der Waals surface area contributed by atoms with E-state index in [0.717, 1.165) is 4.52 Å². The molecule has 0 fully saturated rings. The molecule has 0 atom stereocenters. The van der Waals surface area contributed by atoms with Crippen LogP contribution >= 0.6 is 15.9 Å². The van der Waals surface area contributed by atoms with Gasteiger partial charge in [-0.15, -0.1) is 5.10 Å². The number of nitrogens with zero attached hydrogens (tertiary/aromatic N) is 3. The first-order valence-electron chi connectivity index (χ1n) is 3.14. The van der Waals surface area contributed by atoms with E-state index in [0.29, 0.717) is 10.1 Å². The van der Waals surface area contributed by atoms with Crippen molar-refractivity contribution in [3.63, 3.8) is 0 Å². The van der Waals surface area contributed by atoms with Crippen molar-refractivity contribution < 1.29 is 4.39 Å². The molecule has 6 heteroatoms. The van der Waals surface area contributed by atoms with Crippen molar-refractivity contribution >= 4 is 27.5 Å². The lowest BCUT2D eigenvalue weighted by molar-refractivity contribution is 0.545. The van der Waals surface area contributed by atoms with Gasteiger partial charge in [-0.3, -0.25) is 0 Å². The van der Waals surface area contributed by atoms with Gasteiger partial charge in [-0.1, -0.05) is 15.9 Å². The summed E-state index contributed by atoms with van der Waals surface area (Å²) in [5.74, 6) is -0.435. The van der Waals surface area contributed by atoms with E-state index in [1.165, 1.54) is 6.07 Å². The van der Waals surface area contributed by atoms with Crippen LogP contribution in [0.3, 0.4) is 0 Å². The third-order valence-electron chi connectivity index (χ3n) is 1.37. The fourth-order valence-electron chi connectivity index (χ4n) is 0.931. The minimum atomic E-state index is -0.497. The van der Waals surface area contributed by atoms with Gasteiger partial charge in [0.25, 0.3) is 0 Å². The van der Waals surface area contributed by atoms with E-state index >= 15 is 0 Å². The van der Waals surface area contributed by atoms with Gasteiger partial charge in [0.2, 0.25) is 11.9 Å². The van der Waals surface area contributed by atoms with Crippen molar-refractivity contribution in [2.24, 2.45) is 0 Å². The van der Waals surface area contributed by atoms with Crippen LogP contribution in [0, 0.1) is 5.95 Å². The molecule has 0 amide bonds. The Morgan fingerprint density at radius 1 is 1.50 bits per heavy atom. The number of fused-ring (bicyclic) bond motifs is 1. The van der Waals surface area contributed by atoms with Gasteiger partial charge >= 0.3 is 0 Å². The number of nitrogens with two attached hydrogens (primary N) is 1. The molecule has 0 saturated heterocycles.